The van der Waals surface area contributed by atoms with Crippen molar-refractivity contribution in [3.8, 4) is 0 Å². The first-order valence-electron chi connectivity index (χ1n) is 7.08. The fraction of sp³-hybridized carbons (Fsp3) is 0.200. The third kappa shape index (κ3) is 4.23. The number of nitrogens with two attached hydrogens (primary N) is 2. The molecule has 8 nitrogen and oxygen atoms in total. The van der Waals surface area contributed by atoms with Crippen LogP contribution < -0.4 is 11.5 Å². The largest absolute Gasteiger partial charge is 0.464 e. The van der Waals surface area contributed by atoms with E-state index in [1.807, 2.05) is 0 Å². The van der Waals surface area contributed by atoms with E-state index in [-0.39, 0.29) is 24.0 Å². The van der Waals surface area contributed by atoms with Crippen molar-refractivity contribution in [1.82, 2.24) is 19.6 Å². The van der Waals surface area contributed by atoms with Crippen molar-refractivity contribution in [2.75, 3.05) is 12.8 Å². The van der Waals surface area contributed by atoms with Gasteiger partial charge in [-0.25, -0.2) is 18.6 Å². The number of halogens is 2. The minimum absolute atomic E-state index is 0.0678. The van der Waals surface area contributed by atoms with E-state index in [2.05, 4.69) is 19.8 Å². The summed E-state index contributed by atoms with van der Waals surface area (Å²) in [5.74, 6) is -1.83. The van der Waals surface area contributed by atoms with Crippen LogP contribution >= 0.6 is 0 Å². The number of hydrogen-bond acceptors (Lipinski definition) is 7. The summed E-state index contributed by atoms with van der Waals surface area (Å²) in [7, 11) is 1.30. The van der Waals surface area contributed by atoms with Gasteiger partial charge >= 0.3 is 5.97 Å². The second-order valence-corrected chi connectivity index (χ2v) is 4.91. The maximum absolute atomic E-state index is 12.3. The van der Waals surface area contributed by atoms with Gasteiger partial charge in [-0.05, 0) is 30.7 Å². The number of fused-ring (bicyclic) bond motifs is 1. The van der Waals surface area contributed by atoms with Crippen molar-refractivity contribution in [3.05, 3.63) is 52.9 Å². The minimum atomic E-state index is -0.844. The average Bonchev–Trinajstić information content (AvgIpc) is 2.96. The number of anilines is 1. The average molecular weight is 350 g/mol. The van der Waals surface area contributed by atoms with Gasteiger partial charge in [0.15, 0.2) is 17.3 Å². The van der Waals surface area contributed by atoms with Gasteiger partial charge in [0, 0.05) is 12.2 Å². The summed E-state index contributed by atoms with van der Waals surface area (Å²) >= 11 is 0. The van der Waals surface area contributed by atoms with Gasteiger partial charge in [-0.15, -0.1) is 5.10 Å². The van der Waals surface area contributed by atoms with Crippen LogP contribution in [0.2, 0.25) is 0 Å². The third-order valence-electron chi connectivity index (χ3n) is 3.07. The lowest BCUT2D eigenvalue weighted by atomic mass is 10.2. The maximum atomic E-state index is 12.3. The molecule has 0 aliphatic rings. The van der Waals surface area contributed by atoms with E-state index in [4.69, 9.17) is 11.5 Å². The molecule has 4 N–H and O–H groups in total. The van der Waals surface area contributed by atoms with Crippen LogP contribution in [0, 0.1) is 18.6 Å². The van der Waals surface area contributed by atoms with E-state index in [0.29, 0.717) is 11.3 Å². The van der Waals surface area contributed by atoms with Gasteiger partial charge < -0.3 is 16.2 Å². The molecular weight excluding hydrogens is 334 g/mol. The van der Waals surface area contributed by atoms with Crippen molar-refractivity contribution >= 4 is 17.7 Å². The van der Waals surface area contributed by atoms with Crippen LogP contribution in [-0.4, -0.2) is 32.7 Å². The summed E-state index contributed by atoms with van der Waals surface area (Å²) in [6, 6.07) is 5.18. The number of nitrogen functional groups attached to an aromatic ring is 1. The Kier molecular flexibility index (Phi) is 5.55. The molecule has 0 radical (unpaired) electrons. The molecule has 132 valence electrons. The predicted molar refractivity (Wildman–Crippen MR) is 85.5 cm³/mol. The molecule has 1 aromatic carbocycles. The molecular formula is C15H16F2N6O2. The van der Waals surface area contributed by atoms with E-state index in [0.717, 1.165) is 12.1 Å². The summed E-state index contributed by atoms with van der Waals surface area (Å²) < 4.78 is 30.4. The van der Waals surface area contributed by atoms with Crippen LogP contribution in [0.5, 0.6) is 0 Å². The third-order valence-corrected chi connectivity index (χ3v) is 3.07. The Labute approximate surface area is 141 Å². The minimum Gasteiger partial charge on any atom is -0.464 e. The molecule has 0 atom stereocenters. The lowest BCUT2D eigenvalue weighted by molar-refractivity contribution is 0.0590. The van der Waals surface area contributed by atoms with Crippen LogP contribution in [0.15, 0.2) is 24.3 Å². The number of aromatic nitrogens is 4. The Morgan fingerprint density at radius 2 is 1.96 bits per heavy atom. The van der Waals surface area contributed by atoms with Gasteiger partial charge in [-0.1, -0.05) is 6.07 Å². The number of esters is 1. The second kappa shape index (κ2) is 7.62. The highest BCUT2D eigenvalue weighted by Gasteiger charge is 2.14. The topological polar surface area (TPSA) is 121 Å². The summed E-state index contributed by atoms with van der Waals surface area (Å²) in [6.45, 7) is 1.98. The van der Waals surface area contributed by atoms with Gasteiger partial charge in [0.1, 0.15) is 0 Å². The number of nitrogens with zero attached hydrogens (tertiary/aromatic N) is 4. The smallest absolute Gasteiger partial charge is 0.356 e. The van der Waals surface area contributed by atoms with Gasteiger partial charge in [-0.3, -0.25) is 0 Å². The van der Waals surface area contributed by atoms with E-state index >= 15 is 0 Å². The molecule has 0 aliphatic carbocycles. The van der Waals surface area contributed by atoms with Gasteiger partial charge in [0.05, 0.1) is 7.11 Å². The quantitative estimate of drug-likeness (QED) is 0.667. The summed E-state index contributed by atoms with van der Waals surface area (Å²) in [4.78, 5) is 19.3. The fourth-order valence-corrected chi connectivity index (χ4v) is 1.92. The monoisotopic (exact) mass is 350 g/mol. The highest BCUT2D eigenvalue weighted by molar-refractivity contribution is 5.88. The van der Waals surface area contributed by atoms with Crippen LogP contribution in [0.4, 0.5) is 14.7 Å². The number of benzene rings is 1. The van der Waals surface area contributed by atoms with Crippen LogP contribution in [0.1, 0.15) is 21.7 Å². The molecule has 0 aliphatic heterocycles. The number of carbonyl (C=O) groups is 1. The summed E-state index contributed by atoms with van der Waals surface area (Å²) in [5.41, 5.74) is 12.1. The van der Waals surface area contributed by atoms with Crippen molar-refractivity contribution < 1.29 is 18.3 Å². The molecule has 0 saturated heterocycles. The first-order chi connectivity index (χ1) is 11.8. The second-order valence-electron chi connectivity index (χ2n) is 4.91. The number of rotatable bonds is 2. The zero-order chi connectivity index (χ0) is 18.6. The standard InChI is InChI=1S/C8H9N5O2.C7H7F2N/c1-4-3-5(6(14)15-2)13-8(10-4)11-7(9)12-13;8-6-2-1-5(4-10)3-7(6)9/h3H,1-2H3,(H2,9,12);1-3H,4,10H2. The normalized spacial score (nSPS) is 10.3. The van der Waals surface area contributed by atoms with Crippen molar-refractivity contribution in [2.45, 2.75) is 13.5 Å². The maximum Gasteiger partial charge on any atom is 0.356 e. The highest BCUT2D eigenvalue weighted by atomic mass is 19.2. The molecule has 0 amide bonds. The van der Waals surface area contributed by atoms with Crippen LogP contribution in [0.25, 0.3) is 5.78 Å². The van der Waals surface area contributed by atoms with Gasteiger partial charge in [0.2, 0.25) is 5.95 Å². The summed E-state index contributed by atoms with van der Waals surface area (Å²) in [5, 5.41) is 3.84. The zero-order valence-corrected chi connectivity index (χ0v) is 13.5. The Hall–Kier alpha value is -3.14. The molecule has 10 heteroatoms. The lowest BCUT2D eigenvalue weighted by Gasteiger charge is -2.01. The molecule has 0 bridgehead atoms. The van der Waals surface area contributed by atoms with E-state index in [9.17, 15) is 13.6 Å². The first kappa shape index (κ1) is 18.2. The molecule has 0 saturated carbocycles. The lowest BCUT2D eigenvalue weighted by Crippen LogP contribution is -2.10. The molecule has 2 heterocycles. The number of hydrogen-bond donors (Lipinski definition) is 2. The van der Waals surface area contributed by atoms with Crippen molar-refractivity contribution in [1.29, 1.82) is 0 Å². The fourth-order valence-electron chi connectivity index (χ4n) is 1.92. The van der Waals surface area contributed by atoms with Gasteiger partial charge in [-0.2, -0.15) is 9.50 Å². The molecule has 25 heavy (non-hydrogen) atoms. The summed E-state index contributed by atoms with van der Waals surface area (Å²) in [6.07, 6.45) is 0. The van der Waals surface area contributed by atoms with Crippen LogP contribution in [0.3, 0.4) is 0 Å². The number of aryl methyl sites for hydroxylation is 1. The van der Waals surface area contributed by atoms with Gasteiger partial charge in [0.25, 0.3) is 5.78 Å². The Morgan fingerprint density at radius 3 is 2.56 bits per heavy atom. The SMILES string of the molecule is COC(=O)c1cc(C)nc2nc(N)nn12.NCc1ccc(F)c(F)c1. The number of ether oxygens (including phenoxy) is 1. The molecule has 0 fully saturated rings. The Morgan fingerprint density at radius 1 is 1.24 bits per heavy atom. The zero-order valence-electron chi connectivity index (χ0n) is 13.5. The molecule has 0 unspecified atom stereocenters. The van der Waals surface area contributed by atoms with E-state index in [1.54, 1.807) is 13.0 Å². The molecule has 0 spiro atoms. The Balaban J connectivity index is 0.000000196. The number of carbonyl (C=O) groups excluding carboxylic acids is 1. The number of methoxy groups -OCH3 is 1. The van der Waals surface area contributed by atoms with Crippen LogP contribution in [-0.2, 0) is 11.3 Å². The highest BCUT2D eigenvalue weighted by Crippen LogP contribution is 2.08. The van der Waals surface area contributed by atoms with Crippen molar-refractivity contribution in [2.24, 2.45) is 5.73 Å². The first-order valence-corrected chi connectivity index (χ1v) is 7.08. The predicted octanol–water partition coefficient (Wildman–Crippen LogP) is 1.23. The Bertz CT molecular complexity index is 912. The van der Waals surface area contributed by atoms with E-state index < -0.39 is 17.6 Å². The molecule has 3 rings (SSSR count). The molecule has 3 aromatic rings. The molecule has 2 aromatic heterocycles. The van der Waals surface area contributed by atoms with E-state index in [1.165, 1.54) is 17.7 Å². The van der Waals surface area contributed by atoms with Crippen molar-refractivity contribution in [3.63, 3.8) is 0 Å².